The van der Waals surface area contributed by atoms with E-state index in [1.54, 1.807) is 0 Å². The molecule has 1 aromatic heterocycles. The maximum atomic E-state index is 3.39. The Kier molecular flexibility index (Phi) is 4.43. The van der Waals surface area contributed by atoms with Crippen molar-refractivity contribution in [3.8, 4) is 0 Å². The van der Waals surface area contributed by atoms with E-state index in [0.29, 0.717) is 0 Å². The normalized spacial score (nSPS) is 17.8. The summed E-state index contributed by atoms with van der Waals surface area (Å²) in [5, 5.41) is 3.39. The van der Waals surface area contributed by atoms with Gasteiger partial charge in [-0.3, -0.25) is 0 Å². The third-order valence-corrected chi connectivity index (χ3v) is 3.29. The van der Waals surface area contributed by atoms with Gasteiger partial charge in [-0.05, 0) is 37.4 Å². The summed E-state index contributed by atoms with van der Waals surface area (Å²) in [6.07, 6.45) is 8.23. The van der Waals surface area contributed by atoms with Crippen LogP contribution in [0.2, 0.25) is 0 Å². The number of nitrogens with zero attached hydrogens (tertiary/aromatic N) is 2. The molecule has 2 heterocycles. The van der Waals surface area contributed by atoms with Crippen LogP contribution in [-0.4, -0.2) is 42.2 Å². The molecule has 1 aromatic rings. The van der Waals surface area contributed by atoms with Crippen LogP contribution in [0.3, 0.4) is 0 Å². The second-order valence-electron chi connectivity index (χ2n) is 4.73. The predicted octanol–water partition coefficient (Wildman–Crippen LogP) is 1.25. The first-order valence-corrected chi connectivity index (χ1v) is 6.38. The largest absolute Gasteiger partial charge is 0.357 e. The predicted molar refractivity (Wildman–Crippen MR) is 67.7 cm³/mol. The van der Waals surface area contributed by atoms with Crippen molar-refractivity contribution in [3.63, 3.8) is 0 Å². The van der Waals surface area contributed by atoms with Crippen LogP contribution in [0.5, 0.6) is 0 Å². The molecule has 0 amide bonds. The van der Waals surface area contributed by atoms with Gasteiger partial charge >= 0.3 is 0 Å². The number of piperazine rings is 1. The molecule has 0 saturated carbocycles. The zero-order valence-electron chi connectivity index (χ0n) is 10.3. The summed E-state index contributed by atoms with van der Waals surface area (Å²) in [6.45, 7) is 6.06. The molecule has 1 saturated heterocycles. The van der Waals surface area contributed by atoms with Crippen LogP contribution in [-0.2, 0) is 13.5 Å². The Hall–Kier alpha value is -0.800. The van der Waals surface area contributed by atoms with Crippen molar-refractivity contribution in [1.82, 2.24) is 14.8 Å². The van der Waals surface area contributed by atoms with E-state index >= 15 is 0 Å². The number of aromatic nitrogens is 1. The van der Waals surface area contributed by atoms with Gasteiger partial charge in [0.15, 0.2) is 0 Å². The van der Waals surface area contributed by atoms with Crippen molar-refractivity contribution < 1.29 is 0 Å². The fourth-order valence-electron chi connectivity index (χ4n) is 2.31. The summed E-state index contributed by atoms with van der Waals surface area (Å²) >= 11 is 0. The summed E-state index contributed by atoms with van der Waals surface area (Å²) in [6, 6.07) is 2.23. The van der Waals surface area contributed by atoms with Gasteiger partial charge in [0.2, 0.25) is 0 Å². The lowest BCUT2D eigenvalue weighted by Crippen LogP contribution is -2.43. The Morgan fingerprint density at radius 3 is 2.75 bits per heavy atom. The Bertz CT molecular complexity index is 300. The zero-order valence-corrected chi connectivity index (χ0v) is 10.3. The molecule has 1 fully saturated rings. The van der Waals surface area contributed by atoms with Gasteiger partial charge < -0.3 is 14.8 Å². The summed E-state index contributed by atoms with van der Waals surface area (Å²) in [5.41, 5.74) is 1.47. The molecule has 1 aliphatic heterocycles. The number of hydrogen-bond acceptors (Lipinski definition) is 2. The molecule has 2 rings (SSSR count). The van der Waals surface area contributed by atoms with Crippen molar-refractivity contribution in [1.29, 1.82) is 0 Å². The van der Waals surface area contributed by atoms with E-state index in [1.165, 1.54) is 57.5 Å². The molecule has 0 spiro atoms. The van der Waals surface area contributed by atoms with Crippen LogP contribution in [0.1, 0.15) is 18.4 Å². The minimum Gasteiger partial charge on any atom is -0.357 e. The minimum atomic E-state index is 1.17. The van der Waals surface area contributed by atoms with E-state index in [-0.39, 0.29) is 0 Å². The lowest BCUT2D eigenvalue weighted by Gasteiger charge is -2.26. The van der Waals surface area contributed by atoms with Gasteiger partial charge in [0.1, 0.15) is 0 Å². The van der Waals surface area contributed by atoms with Gasteiger partial charge in [0.25, 0.3) is 0 Å². The highest BCUT2D eigenvalue weighted by molar-refractivity contribution is 5.09. The van der Waals surface area contributed by atoms with Crippen LogP contribution in [0.4, 0.5) is 0 Å². The van der Waals surface area contributed by atoms with Gasteiger partial charge in [-0.25, -0.2) is 0 Å². The highest BCUT2D eigenvalue weighted by Gasteiger charge is 2.08. The van der Waals surface area contributed by atoms with Crippen LogP contribution >= 0.6 is 0 Å². The minimum absolute atomic E-state index is 1.17. The number of hydrogen-bond donors (Lipinski definition) is 1. The Morgan fingerprint density at radius 2 is 2.06 bits per heavy atom. The Morgan fingerprint density at radius 1 is 1.25 bits per heavy atom. The van der Waals surface area contributed by atoms with E-state index in [9.17, 15) is 0 Å². The van der Waals surface area contributed by atoms with E-state index in [2.05, 4.69) is 40.3 Å². The van der Waals surface area contributed by atoms with Gasteiger partial charge in [0.05, 0.1) is 0 Å². The topological polar surface area (TPSA) is 20.2 Å². The molecule has 0 aromatic carbocycles. The van der Waals surface area contributed by atoms with Crippen molar-refractivity contribution in [2.45, 2.75) is 19.3 Å². The fourth-order valence-corrected chi connectivity index (χ4v) is 2.31. The molecule has 0 radical (unpaired) electrons. The number of nitrogens with one attached hydrogen (secondary N) is 1. The van der Waals surface area contributed by atoms with E-state index in [1.807, 2.05) is 0 Å². The molecule has 90 valence electrons. The maximum Gasteiger partial charge on any atom is 0.0107 e. The van der Waals surface area contributed by atoms with E-state index in [4.69, 9.17) is 0 Å². The zero-order chi connectivity index (χ0) is 11.2. The average molecular weight is 221 g/mol. The molecule has 3 heteroatoms. The average Bonchev–Trinajstić information content (AvgIpc) is 2.72. The number of aryl methyl sites for hydroxylation is 2. The fraction of sp³-hybridized carbons (Fsp3) is 0.692. The first-order chi connectivity index (χ1) is 7.84. The number of rotatable bonds is 5. The quantitative estimate of drug-likeness (QED) is 0.755. The summed E-state index contributed by atoms with van der Waals surface area (Å²) in [4.78, 5) is 2.57. The monoisotopic (exact) mass is 221 g/mol. The Labute approximate surface area is 98.4 Å². The lowest BCUT2D eigenvalue weighted by molar-refractivity contribution is 0.237. The van der Waals surface area contributed by atoms with Crippen LogP contribution in [0, 0.1) is 0 Å². The molecule has 0 bridgehead atoms. The first-order valence-electron chi connectivity index (χ1n) is 6.38. The standard InChI is InChI=1S/C13H23N3/c1-15-9-5-13(12-15)4-2-3-8-16-10-6-14-7-11-16/h5,9,12,14H,2-4,6-8,10-11H2,1H3. The summed E-state index contributed by atoms with van der Waals surface area (Å²) in [5.74, 6) is 0. The molecule has 0 aliphatic carbocycles. The molecule has 1 aliphatic rings. The first kappa shape index (κ1) is 11.7. The smallest absolute Gasteiger partial charge is 0.0107 e. The van der Waals surface area contributed by atoms with Crippen molar-refractivity contribution >= 4 is 0 Å². The van der Waals surface area contributed by atoms with Gasteiger partial charge in [-0.1, -0.05) is 0 Å². The highest BCUT2D eigenvalue weighted by atomic mass is 15.2. The molecule has 16 heavy (non-hydrogen) atoms. The van der Waals surface area contributed by atoms with Gasteiger partial charge in [0, 0.05) is 45.6 Å². The molecule has 1 N–H and O–H groups in total. The van der Waals surface area contributed by atoms with Crippen LogP contribution in [0.25, 0.3) is 0 Å². The summed E-state index contributed by atoms with van der Waals surface area (Å²) in [7, 11) is 2.09. The van der Waals surface area contributed by atoms with Crippen LogP contribution < -0.4 is 5.32 Å². The second kappa shape index (κ2) is 6.06. The van der Waals surface area contributed by atoms with Crippen molar-refractivity contribution in [2.75, 3.05) is 32.7 Å². The van der Waals surface area contributed by atoms with Gasteiger partial charge in [-0.15, -0.1) is 0 Å². The SMILES string of the molecule is Cn1ccc(CCCCN2CCNCC2)c1. The number of unbranched alkanes of at least 4 members (excludes halogenated alkanes) is 1. The van der Waals surface area contributed by atoms with Crippen molar-refractivity contribution in [3.05, 3.63) is 24.0 Å². The van der Waals surface area contributed by atoms with Gasteiger partial charge in [-0.2, -0.15) is 0 Å². The third kappa shape index (κ3) is 3.65. The molecule has 0 atom stereocenters. The van der Waals surface area contributed by atoms with E-state index < -0.39 is 0 Å². The molecular weight excluding hydrogens is 198 g/mol. The highest BCUT2D eigenvalue weighted by Crippen LogP contribution is 2.06. The van der Waals surface area contributed by atoms with Crippen molar-refractivity contribution in [2.24, 2.45) is 7.05 Å². The maximum absolute atomic E-state index is 3.39. The van der Waals surface area contributed by atoms with E-state index in [0.717, 1.165) is 0 Å². The molecule has 0 unspecified atom stereocenters. The lowest BCUT2D eigenvalue weighted by atomic mass is 10.1. The molecule has 3 nitrogen and oxygen atoms in total. The molecular formula is C13H23N3. The van der Waals surface area contributed by atoms with Crippen LogP contribution in [0.15, 0.2) is 18.5 Å². The summed E-state index contributed by atoms with van der Waals surface area (Å²) < 4.78 is 2.13. The second-order valence-corrected chi connectivity index (χ2v) is 4.73. The third-order valence-electron chi connectivity index (χ3n) is 3.29. The Balaban J connectivity index is 1.57.